The molecule has 1 atom stereocenters. The van der Waals surface area contributed by atoms with Crippen LogP contribution in [-0.2, 0) is 5.41 Å². The molecule has 9 aromatic rings. The Kier molecular flexibility index (Phi) is 9.79. The van der Waals surface area contributed by atoms with Crippen molar-refractivity contribution < 1.29 is 0 Å². The van der Waals surface area contributed by atoms with Gasteiger partial charge in [0.1, 0.15) is 0 Å². The molecule has 0 heterocycles. The fraction of sp³-hybridized carbons (Fsp3) is 0.0526. The van der Waals surface area contributed by atoms with Crippen LogP contribution in [0.3, 0.4) is 0 Å². The summed E-state index contributed by atoms with van der Waals surface area (Å²) in [6.45, 7) is 2.40. The molecule has 0 amide bonds. The number of hydrogen-bond acceptors (Lipinski definition) is 1. The van der Waals surface area contributed by atoms with Crippen LogP contribution >= 0.6 is 22.6 Å². The fourth-order valence-corrected chi connectivity index (χ4v) is 9.66. The Morgan fingerprint density at radius 1 is 0.322 bits per heavy atom. The number of rotatable bonds is 9. The van der Waals surface area contributed by atoms with Crippen molar-refractivity contribution in [2.75, 3.05) is 9.33 Å². The third kappa shape index (κ3) is 6.88. The molecule has 1 unspecified atom stereocenters. The number of anilines is 3. The van der Waals surface area contributed by atoms with Crippen molar-refractivity contribution in [2.45, 2.75) is 12.3 Å². The van der Waals surface area contributed by atoms with E-state index in [2.05, 4.69) is 259 Å². The molecule has 0 saturated heterocycles. The van der Waals surface area contributed by atoms with Gasteiger partial charge in [-0.25, -0.2) is 0 Å². The molecule has 0 radical (unpaired) electrons. The van der Waals surface area contributed by atoms with E-state index in [1.54, 1.807) is 0 Å². The van der Waals surface area contributed by atoms with Crippen LogP contribution in [0, 0.1) is 0 Å². The predicted octanol–water partition coefficient (Wildman–Crippen LogP) is 16.2. The van der Waals surface area contributed by atoms with Crippen LogP contribution in [0.2, 0.25) is 0 Å². The third-order valence-corrected chi connectivity index (χ3v) is 13.6. The van der Waals surface area contributed by atoms with Crippen LogP contribution in [0.4, 0.5) is 17.1 Å². The number of hydrogen-bond donors (Lipinski definition) is 0. The Labute approximate surface area is 361 Å². The van der Waals surface area contributed by atoms with E-state index in [-0.39, 0.29) is 5.41 Å². The lowest BCUT2D eigenvalue weighted by molar-refractivity contribution is 0.684. The summed E-state index contributed by atoms with van der Waals surface area (Å²) < 4.78 is 0.991. The second kappa shape index (κ2) is 15.7. The van der Waals surface area contributed by atoms with E-state index in [9.17, 15) is 0 Å². The Morgan fingerprint density at radius 3 is 1.22 bits per heavy atom. The van der Waals surface area contributed by atoms with Gasteiger partial charge in [-0.05, 0) is 114 Å². The van der Waals surface area contributed by atoms with E-state index in [0.717, 1.165) is 21.5 Å². The van der Waals surface area contributed by atoms with Gasteiger partial charge in [-0.2, -0.15) is 0 Å². The van der Waals surface area contributed by atoms with Crippen molar-refractivity contribution in [3.63, 3.8) is 0 Å². The molecule has 282 valence electrons. The monoisotopic (exact) mass is 867 g/mol. The first-order chi connectivity index (χ1) is 29.1. The summed E-state index contributed by atoms with van der Waals surface area (Å²) in [5, 5.41) is 0. The molecule has 1 aliphatic rings. The summed E-state index contributed by atoms with van der Waals surface area (Å²) in [6.07, 6.45) is 0. The highest BCUT2D eigenvalue weighted by atomic mass is 127. The van der Waals surface area contributed by atoms with E-state index in [1.807, 2.05) is 0 Å². The Balaban J connectivity index is 1.14. The second-order valence-corrected chi connectivity index (χ2v) is 16.4. The standard InChI is InChI=1S/C57H42IN/c1-57(39-58)55-20-12-11-19-52(55)53-36-34-50(38-56(53)57)59(48-31-29-45(30-32-48)42-17-9-4-10-18-42)49-33-35-51(46-25-21-43(22-26-46)40-13-5-2-6-14-40)54(37-49)47-27-23-44(24-28-47)41-15-7-3-8-16-41/h2-38H,39H2,1H3. The zero-order valence-corrected chi connectivity index (χ0v) is 35.1. The maximum atomic E-state index is 2.58. The van der Waals surface area contributed by atoms with Crippen LogP contribution in [0.25, 0.3) is 66.8 Å². The van der Waals surface area contributed by atoms with Crippen molar-refractivity contribution in [3.05, 3.63) is 236 Å². The summed E-state index contributed by atoms with van der Waals surface area (Å²) in [5.41, 5.74) is 20.7. The minimum Gasteiger partial charge on any atom is -0.310 e. The van der Waals surface area contributed by atoms with Gasteiger partial charge >= 0.3 is 0 Å². The van der Waals surface area contributed by atoms with E-state index in [1.165, 1.54) is 77.9 Å². The van der Waals surface area contributed by atoms with Gasteiger partial charge in [0, 0.05) is 26.9 Å². The van der Waals surface area contributed by atoms with Crippen LogP contribution in [0.15, 0.2) is 224 Å². The molecule has 59 heavy (non-hydrogen) atoms. The number of benzene rings is 9. The first kappa shape index (κ1) is 36.8. The molecule has 10 rings (SSSR count). The average molecular weight is 868 g/mol. The van der Waals surface area contributed by atoms with Gasteiger partial charge in [0.2, 0.25) is 0 Å². The summed E-state index contributed by atoms with van der Waals surface area (Å²) in [6, 6.07) is 82.1. The predicted molar refractivity (Wildman–Crippen MR) is 259 cm³/mol. The zero-order valence-electron chi connectivity index (χ0n) is 32.9. The minimum atomic E-state index is -0.0905. The fourth-order valence-electron chi connectivity index (χ4n) is 8.84. The number of alkyl halides is 1. The highest BCUT2D eigenvalue weighted by molar-refractivity contribution is 14.1. The zero-order chi connectivity index (χ0) is 39.8. The highest BCUT2D eigenvalue weighted by Gasteiger charge is 2.38. The molecule has 1 aliphatic carbocycles. The first-order valence-corrected chi connectivity index (χ1v) is 21.8. The molecule has 9 aromatic carbocycles. The normalized spacial score (nSPS) is 14.1. The molecular formula is C57H42IN. The molecule has 0 bridgehead atoms. The Hall–Kier alpha value is -6.49. The molecule has 0 aliphatic heterocycles. The third-order valence-electron chi connectivity index (χ3n) is 12.0. The first-order valence-electron chi connectivity index (χ1n) is 20.3. The molecule has 0 N–H and O–H groups in total. The van der Waals surface area contributed by atoms with Crippen molar-refractivity contribution in [2.24, 2.45) is 0 Å². The van der Waals surface area contributed by atoms with Gasteiger partial charge in [0.05, 0.1) is 0 Å². The lowest BCUT2D eigenvalue weighted by Gasteiger charge is -2.30. The van der Waals surface area contributed by atoms with Crippen molar-refractivity contribution >= 4 is 39.7 Å². The van der Waals surface area contributed by atoms with Crippen LogP contribution in [0.5, 0.6) is 0 Å². The summed E-state index contributed by atoms with van der Waals surface area (Å²) in [4.78, 5) is 2.44. The van der Waals surface area contributed by atoms with Gasteiger partial charge in [0.15, 0.2) is 0 Å². The summed E-state index contributed by atoms with van der Waals surface area (Å²) in [7, 11) is 0. The molecule has 0 saturated carbocycles. The van der Waals surface area contributed by atoms with Crippen molar-refractivity contribution in [3.8, 4) is 66.8 Å². The van der Waals surface area contributed by atoms with Gasteiger partial charge in [-0.15, -0.1) is 0 Å². The quantitative estimate of drug-likeness (QED) is 0.103. The molecular weight excluding hydrogens is 826 g/mol. The molecule has 1 nitrogen and oxygen atoms in total. The smallest absolute Gasteiger partial charge is 0.0468 e. The highest BCUT2D eigenvalue weighted by Crippen LogP contribution is 2.52. The maximum Gasteiger partial charge on any atom is 0.0468 e. The van der Waals surface area contributed by atoms with Gasteiger partial charge in [0.25, 0.3) is 0 Å². The van der Waals surface area contributed by atoms with E-state index < -0.39 is 0 Å². The minimum absolute atomic E-state index is 0.0905. The Morgan fingerprint density at radius 2 is 0.695 bits per heavy atom. The van der Waals surface area contributed by atoms with Gasteiger partial charge in [-0.3, -0.25) is 0 Å². The number of fused-ring (bicyclic) bond motifs is 3. The second-order valence-electron chi connectivity index (χ2n) is 15.6. The van der Waals surface area contributed by atoms with E-state index in [0.29, 0.717) is 0 Å². The van der Waals surface area contributed by atoms with Crippen LogP contribution in [-0.4, -0.2) is 4.43 Å². The molecule has 0 fully saturated rings. The molecule has 0 spiro atoms. The summed E-state index contributed by atoms with van der Waals surface area (Å²) >= 11 is 2.58. The van der Waals surface area contributed by atoms with E-state index >= 15 is 0 Å². The topological polar surface area (TPSA) is 3.24 Å². The lowest BCUT2D eigenvalue weighted by Crippen LogP contribution is -2.22. The van der Waals surface area contributed by atoms with Crippen LogP contribution in [0.1, 0.15) is 18.1 Å². The summed E-state index contributed by atoms with van der Waals surface area (Å²) in [5.74, 6) is 0. The largest absolute Gasteiger partial charge is 0.310 e. The van der Waals surface area contributed by atoms with Gasteiger partial charge < -0.3 is 4.90 Å². The Bertz CT molecular complexity index is 2880. The molecule has 0 aromatic heterocycles. The maximum absolute atomic E-state index is 2.58. The lowest BCUT2D eigenvalue weighted by atomic mass is 9.82. The molecule has 2 heteroatoms. The van der Waals surface area contributed by atoms with Crippen molar-refractivity contribution in [1.82, 2.24) is 0 Å². The SMILES string of the molecule is CC1(CI)c2ccccc2-c2ccc(N(c3ccc(-c4ccccc4)cc3)c3ccc(-c4ccc(-c5ccccc5)cc4)c(-c4ccc(-c5ccccc5)cc4)c3)cc21. The van der Waals surface area contributed by atoms with Gasteiger partial charge in [-0.1, -0.05) is 218 Å². The number of nitrogens with zero attached hydrogens (tertiary/aromatic N) is 1. The van der Waals surface area contributed by atoms with Crippen molar-refractivity contribution in [1.29, 1.82) is 0 Å². The van der Waals surface area contributed by atoms with Crippen LogP contribution < -0.4 is 4.90 Å². The number of halogens is 1. The van der Waals surface area contributed by atoms with E-state index in [4.69, 9.17) is 0 Å². The average Bonchev–Trinajstić information content (AvgIpc) is 3.57.